The van der Waals surface area contributed by atoms with E-state index >= 15 is 0 Å². The second-order valence-corrected chi connectivity index (χ2v) is 8.79. The van der Waals surface area contributed by atoms with Crippen LogP contribution in [0.5, 0.6) is 0 Å². The Bertz CT molecular complexity index is 1080. The minimum atomic E-state index is -0.328. The molecular weight excluding hydrogens is 420 g/mol. The molecule has 7 heteroatoms. The molecule has 4 rings (SSSR count). The molecule has 0 spiro atoms. The lowest BCUT2D eigenvalue weighted by molar-refractivity contribution is -0.116. The van der Waals surface area contributed by atoms with Crippen molar-refractivity contribution >= 4 is 17.3 Å². The summed E-state index contributed by atoms with van der Waals surface area (Å²) in [4.78, 5) is 30.2. The molecule has 1 aromatic carbocycles. The lowest BCUT2D eigenvalue weighted by Crippen LogP contribution is -2.28. The Morgan fingerprint density at radius 3 is 2.70 bits per heavy atom. The number of hydrogen-bond donors (Lipinski definition) is 2. The summed E-state index contributed by atoms with van der Waals surface area (Å²) in [6.07, 6.45) is 3.83. The highest BCUT2D eigenvalue weighted by molar-refractivity contribution is 6.24. The monoisotopic (exact) mass is 450 g/mol. The molecule has 2 aliphatic rings. The SMILES string of the molecule is CCC(CO)N=C1CC(c2ccccc2)CC(=O)/C1=C(/O)CCc1noc2c1C(=O)CCC2. The van der Waals surface area contributed by atoms with E-state index in [0.29, 0.717) is 54.8 Å². The van der Waals surface area contributed by atoms with E-state index in [1.807, 2.05) is 37.3 Å². The van der Waals surface area contributed by atoms with Gasteiger partial charge in [-0.15, -0.1) is 0 Å². The summed E-state index contributed by atoms with van der Waals surface area (Å²) in [7, 11) is 0. The van der Waals surface area contributed by atoms with Gasteiger partial charge in [-0.05, 0) is 30.7 Å². The number of rotatable bonds is 7. The predicted molar refractivity (Wildman–Crippen MR) is 124 cm³/mol. The number of aromatic nitrogens is 1. The van der Waals surface area contributed by atoms with Gasteiger partial charge in [0, 0.05) is 32.1 Å². The van der Waals surface area contributed by atoms with Crippen molar-refractivity contribution in [3.8, 4) is 0 Å². The lowest BCUT2D eigenvalue weighted by Gasteiger charge is -2.27. The van der Waals surface area contributed by atoms with E-state index in [2.05, 4.69) is 10.1 Å². The van der Waals surface area contributed by atoms with Gasteiger partial charge in [-0.1, -0.05) is 42.4 Å². The molecule has 0 aliphatic heterocycles. The van der Waals surface area contributed by atoms with E-state index in [1.54, 1.807) is 0 Å². The first kappa shape index (κ1) is 23.1. The van der Waals surface area contributed by atoms with Crippen molar-refractivity contribution < 1.29 is 24.3 Å². The number of nitrogens with zero attached hydrogens (tertiary/aromatic N) is 2. The van der Waals surface area contributed by atoms with Gasteiger partial charge in [0.15, 0.2) is 11.6 Å². The van der Waals surface area contributed by atoms with Crippen molar-refractivity contribution in [2.45, 2.75) is 70.3 Å². The Balaban J connectivity index is 1.61. The summed E-state index contributed by atoms with van der Waals surface area (Å²) in [5.74, 6) is 0.416. The third-order valence-corrected chi connectivity index (χ3v) is 6.54. The van der Waals surface area contributed by atoms with E-state index in [1.165, 1.54) is 0 Å². The zero-order valence-corrected chi connectivity index (χ0v) is 18.9. The highest BCUT2D eigenvalue weighted by Crippen LogP contribution is 2.34. The average molecular weight is 451 g/mol. The van der Waals surface area contributed by atoms with Crippen LogP contribution in [0.3, 0.4) is 0 Å². The number of benzene rings is 1. The minimum absolute atomic E-state index is 0.0228. The highest BCUT2D eigenvalue weighted by Gasteiger charge is 2.33. The summed E-state index contributed by atoms with van der Waals surface area (Å²) < 4.78 is 5.34. The van der Waals surface area contributed by atoms with E-state index in [0.717, 1.165) is 12.0 Å². The molecule has 0 bridgehead atoms. The number of allylic oxidation sites excluding steroid dienone is 2. The smallest absolute Gasteiger partial charge is 0.168 e. The van der Waals surface area contributed by atoms with E-state index in [9.17, 15) is 19.8 Å². The fraction of sp³-hybridized carbons (Fsp3) is 0.462. The standard InChI is InChI=1S/C26H30N2O5/c1-2-18(15-29)27-20-13-17(16-7-4-3-5-8-16)14-23(32)25(20)22(31)12-11-19-26-21(30)9-6-10-24(26)33-28-19/h3-5,7-8,17-18,29,31H,2,6,9-15H2,1H3/b25-22+,27-20?. The maximum absolute atomic E-state index is 13.2. The topological polar surface area (TPSA) is 113 Å². The van der Waals surface area contributed by atoms with Crippen molar-refractivity contribution in [1.82, 2.24) is 5.16 Å². The third kappa shape index (κ3) is 4.98. The Morgan fingerprint density at radius 2 is 1.97 bits per heavy atom. The van der Waals surface area contributed by atoms with Crippen LogP contribution >= 0.6 is 0 Å². The number of aliphatic hydroxyl groups excluding tert-OH is 2. The summed E-state index contributed by atoms with van der Waals surface area (Å²) in [5, 5.41) is 24.7. The Labute approximate surface area is 193 Å². The zero-order valence-electron chi connectivity index (χ0n) is 18.9. The van der Waals surface area contributed by atoms with Gasteiger partial charge < -0.3 is 14.7 Å². The number of carbonyl (C=O) groups excluding carboxylic acids is 2. The molecular formula is C26H30N2O5. The number of fused-ring (bicyclic) bond motifs is 1. The molecule has 7 nitrogen and oxygen atoms in total. The van der Waals surface area contributed by atoms with Crippen molar-refractivity contribution in [2.75, 3.05) is 6.61 Å². The number of aryl methyl sites for hydroxylation is 2. The van der Waals surface area contributed by atoms with Crippen LogP contribution in [0.1, 0.15) is 78.7 Å². The second kappa shape index (κ2) is 10.3. The van der Waals surface area contributed by atoms with Crippen LogP contribution in [0.2, 0.25) is 0 Å². The molecule has 1 heterocycles. The lowest BCUT2D eigenvalue weighted by atomic mass is 9.78. The maximum atomic E-state index is 13.2. The number of ketones is 2. The van der Waals surface area contributed by atoms with E-state index in [-0.39, 0.29) is 54.3 Å². The van der Waals surface area contributed by atoms with E-state index < -0.39 is 0 Å². The molecule has 2 unspecified atom stereocenters. The van der Waals surface area contributed by atoms with Crippen LogP contribution in [-0.2, 0) is 17.6 Å². The van der Waals surface area contributed by atoms with Crippen LogP contribution in [0, 0.1) is 0 Å². The van der Waals surface area contributed by atoms with Gasteiger partial charge in [0.2, 0.25) is 0 Å². The molecule has 1 aromatic heterocycles. The largest absolute Gasteiger partial charge is 0.511 e. The normalized spacial score (nSPS) is 22.4. The van der Waals surface area contributed by atoms with Gasteiger partial charge in [0.1, 0.15) is 11.5 Å². The second-order valence-electron chi connectivity index (χ2n) is 8.79. The van der Waals surface area contributed by atoms with Crippen molar-refractivity contribution in [2.24, 2.45) is 4.99 Å². The highest BCUT2D eigenvalue weighted by atomic mass is 16.5. The molecule has 174 valence electrons. The molecule has 2 aliphatic carbocycles. The minimum Gasteiger partial charge on any atom is -0.511 e. The van der Waals surface area contributed by atoms with E-state index in [4.69, 9.17) is 4.52 Å². The quantitative estimate of drug-likeness (QED) is 0.480. The Morgan fingerprint density at radius 1 is 1.18 bits per heavy atom. The first-order valence-electron chi connectivity index (χ1n) is 11.7. The molecule has 0 amide bonds. The average Bonchev–Trinajstić information content (AvgIpc) is 3.25. The third-order valence-electron chi connectivity index (χ3n) is 6.54. The summed E-state index contributed by atoms with van der Waals surface area (Å²) in [6, 6.07) is 9.50. The van der Waals surface area contributed by atoms with Crippen molar-refractivity contribution in [3.63, 3.8) is 0 Å². The van der Waals surface area contributed by atoms with Gasteiger partial charge in [0.25, 0.3) is 0 Å². The first-order valence-corrected chi connectivity index (χ1v) is 11.7. The fourth-order valence-corrected chi connectivity index (χ4v) is 4.70. The molecule has 2 aromatic rings. The van der Waals surface area contributed by atoms with Gasteiger partial charge in [-0.3, -0.25) is 14.6 Å². The van der Waals surface area contributed by atoms with Crippen molar-refractivity contribution in [3.05, 3.63) is 64.2 Å². The number of aliphatic imine (C=N–C) groups is 1. The first-order chi connectivity index (χ1) is 16.0. The van der Waals surface area contributed by atoms with Crippen molar-refractivity contribution in [1.29, 1.82) is 0 Å². The molecule has 33 heavy (non-hydrogen) atoms. The fourth-order valence-electron chi connectivity index (χ4n) is 4.70. The maximum Gasteiger partial charge on any atom is 0.168 e. The van der Waals surface area contributed by atoms with Crippen LogP contribution < -0.4 is 0 Å². The summed E-state index contributed by atoms with van der Waals surface area (Å²) >= 11 is 0. The van der Waals surface area contributed by atoms with Gasteiger partial charge >= 0.3 is 0 Å². The number of aliphatic hydroxyl groups is 2. The Hall–Kier alpha value is -3.06. The molecule has 2 N–H and O–H groups in total. The molecule has 1 saturated carbocycles. The van der Waals surface area contributed by atoms with Gasteiger partial charge in [0.05, 0.1) is 35.2 Å². The van der Waals surface area contributed by atoms with Gasteiger partial charge in [-0.25, -0.2) is 0 Å². The van der Waals surface area contributed by atoms with Crippen LogP contribution in [0.25, 0.3) is 0 Å². The molecule has 0 radical (unpaired) electrons. The van der Waals surface area contributed by atoms with Crippen LogP contribution in [0.15, 0.2) is 51.2 Å². The molecule has 0 saturated heterocycles. The molecule has 1 fully saturated rings. The predicted octanol–water partition coefficient (Wildman–Crippen LogP) is 4.30. The van der Waals surface area contributed by atoms with Gasteiger partial charge in [-0.2, -0.15) is 0 Å². The van der Waals surface area contributed by atoms with Crippen LogP contribution in [-0.4, -0.2) is 45.3 Å². The summed E-state index contributed by atoms with van der Waals surface area (Å²) in [5.41, 5.74) is 2.92. The number of carbonyl (C=O) groups is 2. The number of Topliss-reactive ketones (excluding diaryl/α,β-unsaturated/α-hetero) is 2. The summed E-state index contributed by atoms with van der Waals surface area (Å²) in [6.45, 7) is 1.81. The molecule has 2 atom stereocenters. The van der Waals surface area contributed by atoms with Crippen LogP contribution in [0.4, 0.5) is 0 Å². The number of hydrogen-bond acceptors (Lipinski definition) is 7. The zero-order chi connectivity index (χ0) is 23.4. The Kier molecular flexibility index (Phi) is 7.18.